The lowest BCUT2D eigenvalue weighted by Gasteiger charge is -2.09. The van der Waals surface area contributed by atoms with Crippen molar-refractivity contribution in [1.82, 2.24) is 0 Å². The number of phenolic OH excluding ortho intramolecular Hbond substituents is 1. The first-order valence-corrected chi connectivity index (χ1v) is 6.32. The highest BCUT2D eigenvalue weighted by Crippen LogP contribution is 2.36. The third-order valence-corrected chi connectivity index (χ3v) is 3.52. The number of hydrogen-bond donors (Lipinski definition) is 1. The number of hydrogen-bond acceptors (Lipinski definition) is 3. The molecule has 2 rings (SSSR count). The van der Waals surface area contributed by atoms with E-state index in [0.717, 1.165) is 9.86 Å². The Bertz CT molecular complexity index is 608. The van der Waals surface area contributed by atoms with Gasteiger partial charge in [-0.25, -0.2) is 4.79 Å². The van der Waals surface area contributed by atoms with Crippen molar-refractivity contribution in [2.24, 2.45) is 0 Å². The van der Waals surface area contributed by atoms with Gasteiger partial charge < -0.3 is 9.84 Å². The number of aromatic hydroxyl groups is 1. The maximum atomic E-state index is 11.7. The quantitative estimate of drug-likeness (QED) is 0.786. The molecule has 0 aromatic heterocycles. The van der Waals surface area contributed by atoms with Crippen LogP contribution in [0.25, 0.3) is 10.8 Å². The number of methoxy groups -OCH3 is 1. The van der Waals surface area contributed by atoms with Crippen molar-refractivity contribution in [1.29, 1.82) is 0 Å². The third kappa shape index (κ3) is 2.17. The Labute approximate surface area is 115 Å². The number of carbonyl (C=O) groups is 1. The van der Waals surface area contributed by atoms with Crippen molar-refractivity contribution in [2.75, 3.05) is 7.11 Å². The monoisotopic (exact) mass is 358 g/mol. The van der Waals surface area contributed by atoms with Crippen LogP contribution in [0.15, 0.2) is 33.2 Å². The highest BCUT2D eigenvalue weighted by atomic mass is 79.9. The average molecular weight is 360 g/mol. The van der Waals surface area contributed by atoms with E-state index in [-0.39, 0.29) is 11.3 Å². The largest absolute Gasteiger partial charge is 0.506 e. The molecule has 0 atom stereocenters. The SMILES string of the molecule is COC(=O)c1c(O)c(Br)cc2cc(Br)ccc12. The summed E-state index contributed by atoms with van der Waals surface area (Å²) in [5.74, 6) is -0.664. The van der Waals surface area contributed by atoms with E-state index in [1.54, 1.807) is 12.1 Å². The van der Waals surface area contributed by atoms with Crippen LogP contribution >= 0.6 is 31.9 Å². The maximum absolute atomic E-state index is 11.7. The summed E-state index contributed by atoms with van der Waals surface area (Å²) in [6.45, 7) is 0. The van der Waals surface area contributed by atoms with Crippen LogP contribution in [-0.2, 0) is 4.74 Å². The lowest BCUT2D eigenvalue weighted by Crippen LogP contribution is -2.03. The summed E-state index contributed by atoms with van der Waals surface area (Å²) in [7, 11) is 1.29. The molecule has 0 saturated heterocycles. The molecule has 0 bridgehead atoms. The minimum atomic E-state index is -0.559. The fraction of sp³-hybridized carbons (Fsp3) is 0.0833. The van der Waals surface area contributed by atoms with Gasteiger partial charge in [0.05, 0.1) is 11.6 Å². The van der Waals surface area contributed by atoms with Gasteiger partial charge in [-0.05, 0) is 39.5 Å². The maximum Gasteiger partial charge on any atom is 0.342 e. The van der Waals surface area contributed by atoms with Gasteiger partial charge in [0.2, 0.25) is 0 Å². The van der Waals surface area contributed by atoms with Crippen LogP contribution in [-0.4, -0.2) is 18.2 Å². The molecule has 17 heavy (non-hydrogen) atoms. The smallest absolute Gasteiger partial charge is 0.342 e. The second-order valence-electron chi connectivity index (χ2n) is 3.44. The summed E-state index contributed by atoms with van der Waals surface area (Å²) in [6.07, 6.45) is 0. The molecule has 0 radical (unpaired) electrons. The van der Waals surface area contributed by atoms with Gasteiger partial charge in [-0.15, -0.1) is 0 Å². The van der Waals surface area contributed by atoms with Gasteiger partial charge in [0.15, 0.2) is 0 Å². The van der Waals surface area contributed by atoms with Gasteiger partial charge in [0.1, 0.15) is 11.3 Å². The minimum absolute atomic E-state index is 0.105. The predicted octanol–water partition coefficient (Wildman–Crippen LogP) is 3.86. The molecular formula is C12H8Br2O3. The summed E-state index contributed by atoms with van der Waals surface area (Å²) in [4.78, 5) is 11.7. The number of phenols is 1. The van der Waals surface area contributed by atoms with E-state index < -0.39 is 5.97 Å². The zero-order valence-corrected chi connectivity index (χ0v) is 12.0. The van der Waals surface area contributed by atoms with Crippen LogP contribution in [0, 0.1) is 0 Å². The Hall–Kier alpha value is -1.07. The average Bonchev–Trinajstić information content (AvgIpc) is 2.30. The van der Waals surface area contributed by atoms with Crippen molar-refractivity contribution in [3.05, 3.63) is 38.8 Å². The first-order chi connectivity index (χ1) is 8.04. The van der Waals surface area contributed by atoms with E-state index in [2.05, 4.69) is 36.6 Å². The molecule has 0 amide bonds. The molecule has 0 unspecified atom stereocenters. The van der Waals surface area contributed by atoms with Crippen molar-refractivity contribution < 1.29 is 14.6 Å². The van der Waals surface area contributed by atoms with Crippen LogP contribution < -0.4 is 0 Å². The zero-order valence-electron chi connectivity index (χ0n) is 8.83. The topological polar surface area (TPSA) is 46.5 Å². The molecule has 2 aromatic carbocycles. The standard InChI is InChI=1S/C12H8Br2O3/c1-17-12(16)10-8-3-2-7(13)4-6(8)5-9(14)11(10)15/h2-5,15H,1H3. The summed E-state index contributed by atoms with van der Waals surface area (Å²) in [5.41, 5.74) is 0.171. The Balaban J connectivity index is 2.87. The fourth-order valence-corrected chi connectivity index (χ4v) is 2.46. The predicted molar refractivity (Wildman–Crippen MR) is 72.4 cm³/mol. The number of ether oxygens (including phenoxy) is 1. The van der Waals surface area contributed by atoms with Crippen LogP contribution in [0.3, 0.4) is 0 Å². The first kappa shape index (κ1) is 12.4. The second-order valence-corrected chi connectivity index (χ2v) is 5.21. The fourth-order valence-electron chi connectivity index (χ4n) is 1.64. The molecule has 1 N–H and O–H groups in total. The number of carbonyl (C=O) groups excluding carboxylic acids is 1. The molecule has 0 heterocycles. The highest BCUT2D eigenvalue weighted by molar-refractivity contribution is 9.10. The van der Waals surface area contributed by atoms with Gasteiger partial charge >= 0.3 is 5.97 Å². The molecule has 0 fully saturated rings. The molecule has 5 heteroatoms. The lowest BCUT2D eigenvalue weighted by molar-refractivity contribution is 0.0599. The van der Waals surface area contributed by atoms with Gasteiger partial charge in [0, 0.05) is 9.86 Å². The lowest BCUT2D eigenvalue weighted by atomic mass is 10.0. The van der Waals surface area contributed by atoms with Crippen molar-refractivity contribution in [2.45, 2.75) is 0 Å². The van der Waals surface area contributed by atoms with Gasteiger partial charge in [-0.2, -0.15) is 0 Å². The van der Waals surface area contributed by atoms with Crippen LogP contribution in [0.4, 0.5) is 0 Å². The Morgan fingerprint density at radius 2 is 2.00 bits per heavy atom. The summed E-state index contributed by atoms with van der Waals surface area (Å²) >= 11 is 6.58. The minimum Gasteiger partial charge on any atom is -0.506 e. The number of rotatable bonds is 1. The van der Waals surface area contributed by atoms with E-state index in [9.17, 15) is 9.90 Å². The van der Waals surface area contributed by atoms with E-state index >= 15 is 0 Å². The highest BCUT2D eigenvalue weighted by Gasteiger charge is 2.18. The van der Waals surface area contributed by atoms with Gasteiger partial charge in [0.25, 0.3) is 0 Å². The summed E-state index contributed by atoms with van der Waals surface area (Å²) in [5, 5.41) is 11.4. The first-order valence-electron chi connectivity index (χ1n) is 4.73. The van der Waals surface area contributed by atoms with Crippen LogP contribution in [0.1, 0.15) is 10.4 Å². The molecular weight excluding hydrogens is 352 g/mol. The Morgan fingerprint density at radius 3 is 2.65 bits per heavy atom. The number of esters is 1. The molecule has 0 aliphatic heterocycles. The molecule has 0 spiro atoms. The molecule has 2 aromatic rings. The van der Waals surface area contributed by atoms with Gasteiger partial charge in [-0.3, -0.25) is 0 Å². The second kappa shape index (κ2) is 4.66. The molecule has 0 aliphatic rings. The van der Waals surface area contributed by atoms with E-state index in [0.29, 0.717) is 9.86 Å². The van der Waals surface area contributed by atoms with Crippen LogP contribution in [0.5, 0.6) is 5.75 Å². The van der Waals surface area contributed by atoms with Crippen molar-refractivity contribution in [3.63, 3.8) is 0 Å². The zero-order chi connectivity index (χ0) is 12.6. The molecule has 3 nitrogen and oxygen atoms in total. The molecule has 0 saturated carbocycles. The van der Waals surface area contributed by atoms with E-state index in [1.807, 2.05) is 12.1 Å². The molecule has 88 valence electrons. The van der Waals surface area contributed by atoms with Gasteiger partial charge in [-0.1, -0.05) is 22.0 Å². The Morgan fingerprint density at radius 1 is 1.29 bits per heavy atom. The van der Waals surface area contributed by atoms with Crippen LogP contribution in [0.2, 0.25) is 0 Å². The van der Waals surface area contributed by atoms with Crippen molar-refractivity contribution in [3.8, 4) is 5.75 Å². The summed E-state index contributed by atoms with van der Waals surface area (Å²) in [6, 6.07) is 7.19. The van der Waals surface area contributed by atoms with E-state index in [4.69, 9.17) is 0 Å². The number of fused-ring (bicyclic) bond motifs is 1. The molecule has 0 aliphatic carbocycles. The number of halogens is 2. The summed E-state index contributed by atoms with van der Waals surface area (Å²) < 4.78 is 6.04. The Kier molecular flexibility index (Phi) is 3.40. The third-order valence-electron chi connectivity index (χ3n) is 2.42. The van der Waals surface area contributed by atoms with E-state index in [1.165, 1.54) is 7.11 Å². The van der Waals surface area contributed by atoms with Crippen molar-refractivity contribution >= 4 is 48.6 Å². The normalized spacial score (nSPS) is 10.5. The number of benzene rings is 2.